The Labute approximate surface area is 142 Å². The summed E-state index contributed by atoms with van der Waals surface area (Å²) in [5.74, 6) is 0.526. The summed E-state index contributed by atoms with van der Waals surface area (Å²) in [5.41, 5.74) is 0.00600. The van der Waals surface area contributed by atoms with E-state index >= 15 is 0 Å². The standard InChI is InChI=1S/C16H24BNO6/c1-6-21-10-22-13-8-7-11(18-14(19)20)9-12(13)17-23-15(2,3)16(4,5)24-17/h7-9,18H,6,10H2,1-5H3,(H,19,20). The van der Waals surface area contributed by atoms with Gasteiger partial charge in [0.25, 0.3) is 0 Å². The lowest BCUT2D eigenvalue weighted by atomic mass is 9.78. The smallest absolute Gasteiger partial charge is 0.468 e. The summed E-state index contributed by atoms with van der Waals surface area (Å²) < 4.78 is 22.9. The first-order valence-electron chi connectivity index (χ1n) is 7.86. The fourth-order valence-electron chi connectivity index (χ4n) is 2.22. The predicted octanol–water partition coefficient (Wildman–Crippen LogP) is 2.45. The summed E-state index contributed by atoms with van der Waals surface area (Å²) >= 11 is 0. The number of ether oxygens (including phenoxy) is 2. The molecule has 1 aliphatic heterocycles. The van der Waals surface area contributed by atoms with Crippen LogP contribution in [-0.4, -0.2) is 42.9 Å². The van der Waals surface area contributed by atoms with Crippen LogP contribution in [0.15, 0.2) is 18.2 Å². The minimum Gasteiger partial charge on any atom is -0.468 e. The van der Waals surface area contributed by atoms with Crippen molar-refractivity contribution in [2.45, 2.75) is 45.8 Å². The maximum absolute atomic E-state index is 10.9. The van der Waals surface area contributed by atoms with E-state index in [2.05, 4.69) is 5.32 Å². The molecule has 0 unspecified atom stereocenters. The lowest BCUT2D eigenvalue weighted by Gasteiger charge is -2.32. The maximum Gasteiger partial charge on any atom is 0.498 e. The van der Waals surface area contributed by atoms with Gasteiger partial charge in [-0.1, -0.05) is 0 Å². The molecule has 7 nitrogen and oxygen atoms in total. The van der Waals surface area contributed by atoms with Crippen molar-refractivity contribution < 1.29 is 28.7 Å². The van der Waals surface area contributed by atoms with E-state index in [1.165, 1.54) is 0 Å². The van der Waals surface area contributed by atoms with Gasteiger partial charge in [-0.05, 0) is 52.8 Å². The van der Waals surface area contributed by atoms with Gasteiger partial charge in [-0.3, -0.25) is 5.32 Å². The first kappa shape index (κ1) is 18.6. The third kappa shape index (κ3) is 4.01. The number of carbonyl (C=O) groups is 1. The Morgan fingerprint density at radius 1 is 1.25 bits per heavy atom. The lowest BCUT2D eigenvalue weighted by Crippen LogP contribution is -2.41. The number of anilines is 1. The van der Waals surface area contributed by atoms with Crippen molar-refractivity contribution >= 4 is 24.4 Å². The average molecular weight is 337 g/mol. The van der Waals surface area contributed by atoms with Crippen LogP contribution in [-0.2, 0) is 14.0 Å². The van der Waals surface area contributed by atoms with Crippen molar-refractivity contribution in [1.82, 2.24) is 0 Å². The van der Waals surface area contributed by atoms with E-state index in [-0.39, 0.29) is 6.79 Å². The number of amides is 1. The zero-order chi connectivity index (χ0) is 18.0. The lowest BCUT2D eigenvalue weighted by molar-refractivity contribution is 0.00578. The van der Waals surface area contributed by atoms with Crippen molar-refractivity contribution in [3.8, 4) is 5.75 Å². The second-order valence-electron chi connectivity index (χ2n) is 6.53. The van der Waals surface area contributed by atoms with Crippen LogP contribution in [0.25, 0.3) is 0 Å². The van der Waals surface area contributed by atoms with Crippen LogP contribution in [0.3, 0.4) is 0 Å². The summed E-state index contributed by atoms with van der Waals surface area (Å²) in [4.78, 5) is 10.9. The monoisotopic (exact) mass is 337 g/mol. The molecule has 0 aliphatic carbocycles. The summed E-state index contributed by atoms with van der Waals surface area (Å²) in [6, 6.07) is 4.94. The molecule has 132 valence electrons. The van der Waals surface area contributed by atoms with Crippen molar-refractivity contribution in [3.63, 3.8) is 0 Å². The SMILES string of the molecule is CCOCOc1ccc(NC(=O)O)cc1B1OC(C)(C)C(C)(C)O1. The summed E-state index contributed by atoms with van der Waals surface area (Å²) in [5, 5.41) is 11.2. The second kappa shape index (κ2) is 7.00. The van der Waals surface area contributed by atoms with Crippen LogP contribution in [0.2, 0.25) is 0 Å². The Morgan fingerprint density at radius 2 is 1.88 bits per heavy atom. The van der Waals surface area contributed by atoms with Gasteiger partial charge >= 0.3 is 13.2 Å². The molecule has 24 heavy (non-hydrogen) atoms. The van der Waals surface area contributed by atoms with E-state index < -0.39 is 24.4 Å². The molecule has 2 N–H and O–H groups in total. The molecule has 1 aromatic rings. The summed E-state index contributed by atoms with van der Waals surface area (Å²) in [6.07, 6.45) is -1.14. The van der Waals surface area contributed by atoms with Gasteiger partial charge in [0, 0.05) is 17.8 Å². The van der Waals surface area contributed by atoms with Gasteiger partial charge in [-0.15, -0.1) is 0 Å². The van der Waals surface area contributed by atoms with Crippen LogP contribution >= 0.6 is 0 Å². The molecular formula is C16H24BNO6. The highest BCUT2D eigenvalue weighted by molar-refractivity contribution is 6.63. The van der Waals surface area contributed by atoms with Crippen LogP contribution in [0, 0.1) is 0 Å². The molecule has 1 aromatic carbocycles. The molecule has 1 fully saturated rings. The van der Waals surface area contributed by atoms with Crippen molar-refractivity contribution in [2.24, 2.45) is 0 Å². The van der Waals surface area contributed by atoms with Crippen molar-refractivity contribution in [2.75, 3.05) is 18.7 Å². The molecule has 1 amide bonds. The largest absolute Gasteiger partial charge is 0.498 e. The number of nitrogens with one attached hydrogen (secondary N) is 1. The zero-order valence-electron chi connectivity index (χ0n) is 14.7. The number of hydrogen-bond donors (Lipinski definition) is 2. The maximum atomic E-state index is 10.9. The van der Waals surface area contributed by atoms with Gasteiger partial charge in [-0.2, -0.15) is 0 Å². The Hall–Kier alpha value is -1.77. The third-order valence-corrected chi connectivity index (χ3v) is 4.27. The number of benzene rings is 1. The van der Waals surface area contributed by atoms with Crippen molar-refractivity contribution in [1.29, 1.82) is 0 Å². The Bertz CT molecular complexity index is 588. The van der Waals surface area contributed by atoms with E-state index in [1.807, 2.05) is 34.6 Å². The average Bonchev–Trinajstić information content (AvgIpc) is 2.68. The van der Waals surface area contributed by atoms with Crippen LogP contribution in [0.4, 0.5) is 10.5 Å². The molecule has 0 bridgehead atoms. The van der Waals surface area contributed by atoms with E-state index in [1.54, 1.807) is 18.2 Å². The highest BCUT2D eigenvalue weighted by atomic mass is 16.7. The van der Waals surface area contributed by atoms with Gasteiger partial charge in [-0.25, -0.2) is 4.79 Å². The Balaban J connectivity index is 2.31. The molecule has 0 saturated carbocycles. The van der Waals surface area contributed by atoms with Crippen LogP contribution < -0.4 is 15.5 Å². The molecule has 1 saturated heterocycles. The van der Waals surface area contributed by atoms with E-state index in [9.17, 15) is 4.79 Å². The molecule has 2 rings (SSSR count). The number of hydrogen-bond acceptors (Lipinski definition) is 5. The molecule has 1 aliphatic rings. The number of carboxylic acid groups (broad SMARTS) is 1. The topological polar surface area (TPSA) is 86.3 Å². The molecule has 0 spiro atoms. The predicted molar refractivity (Wildman–Crippen MR) is 90.9 cm³/mol. The first-order chi connectivity index (χ1) is 11.2. The van der Waals surface area contributed by atoms with E-state index in [4.69, 9.17) is 23.9 Å². The van der Waals surface area contributed by atoms with Crippen LogP contribution in [0.5, 0.6) is 5.75 Å². The van der Waals surface area contributed by atoms with Crippen molar-refractivity contribution in [3.05, 3.63) is 18.2 Å². The molecule has 8 heteroatoms. The fourth-order valence-corrected chi connectivity index (χ4v) is 2.22. The summed E-state index contributed by atoms with van der Waals surface area (Å²) in [6.45, 7) is 10.3. The van der Waals surface area contributed by atoms with E-state index in [0.29, 0.717) is 23.5 Å². The van der Waals surface area contributed by atoms with E-state index in [0.717, 1.165) is 0 Å². The third-order valence-electron chi connectivity index (χ3n) is 4.27. The Kier molecular flexibility index (Phi) is 5.42. The molecular weight excluding hydrogens is 313 g/mol. The number of rotatable bonds is 6. The van der Waals surface area contributed by atoms with Gasteiger partial charge in [0.15, 0.2) is 6.79 Å². The quantitative estimate of drug-likeness (QED) is 0.471. The minimum absolute atomic E-state index is 0.0920. The molecule has 0 radical (unpaired) electrons. The van der Waals surface area contributed by atoms with Gasteiger partial charge in [0.2, 0.25) is 0 Å². The minimum atomic E-state index is -1.14. The van der Waals surface area contributed by atoms with Gasteiger partial charge < -0.3 is 23.9 Å². The Morgan fingerprint density at radius 3 is 2.42 bits per heavy atom. The van der Waals surface area contributed by atoms with Gasteiger partial charge in [0.05, 0.1) is 11.2 Å². The van der Waals surface area contributed by atoms with Gasteiger partial charge in [0.1, 0.15) is 5.75 Å². The highest BCUT2D eigenvalue weighted by Crippen LogP contribution is 2.37. The van der Waals surface area contributed by atoms with Crippen LogP contribution in [0.1, 0.15) is 34.6 Å². The molecule has 0 atom stereocenters. The summed E-state index contributed by atoms with van der Waals surface area (Å²) in [7, 11) is -0.665. The first-order valence-corrected chi connectivity index (χ1v) is 7.86. The normalized spacial score (nSPS) is 18.5. The molecule has 0 aromatic heterocycles. The second-order valence-corrected chi connectivity index (χ2v) is 6.53. The zero-order valence-corrected chi connectivity index (χ0v) is 14.7. The molecule has 1 heterocycles. The highest BCUT2D eigenvalue weighted by Gasteiger charge is 2.52. The fraction of sp³-hybridized carbons (Fsp3) is 0.562.